The van der Waals surface area contributed by atoms with Gasteiger partial charge in [0.25, 0.3) is 0 Å². The maximum Gasteiger partial charge on any atom is 0.0590 e. The van der Waals surface area contributed by atoms with Gasteiger partial charge >= 0.3 is 0 Å². The zero-order valence-electron chi connectivity index (χ0n) is 11.2. The van der Waals surface area contributed by atoms with Crippen molar-refractivity contribution in [2.75, 3.05) is 26.3 Å². The van der Waals surface area contributed by atoms with Gasteiger partial charge in [-0.25, -0.2) is 0 Å². The quantitative estimate of drug-likeness (QED) is 0.628. The van der Waals surface area contributed by atoms with Crippen LogP contribution in [0.1, 0.15) is 47.5 Å². The van der Waals surface area contributed by atoms with Gasteiger partial charge in [0.2, 0.25) is 0 Å². The fourth-order valence-corrected chi connectivity index (χ4v) is 1.15. The van der Waals surface area contributed by atoms with Gasteiger partial charge in [0, 0.05) is 13.2 Å². The van der Waals surface area contributed by atoms with Gasteiger partial charge in [0.05, 0.1) is 6.61 Å². The Morgan fingerprint density at radius 1 is 1.07 bits per heavy atom. The van der Waals surface area contributed by atoms with E-state index in [1.54, 1.807) is 0 Å². The van der Waals surface area contributed by atoms with E-state index in [1.807, 2.05) is 0 Å². The molecule has 0 saturated carbocycles. The van der Waals surface area contributed by atoms with Crippen LogP contribution >= 0.6 is 0 Å². The largest absolute Gasteiger partial charge is 0.380 e. The average molecular weight is 215 g/mol. The molecule has 0 aromatic rings. The molecule has 0 fully saturated rings. The number of hydrogen-bond acceptors (Lipinski definition) is 2. The normalized spacial score (nSPS) is 12.4. The summed E-state index contributed by atoms with van der Waals surface area (Å²) in [6, 6.07) is 0. The summed E-state index contributed by atoms with van der Waals surface area (Å²) in [7, 11) is 0. The third-order valence-electron chi connectivity index (χ3n) is 2.31. The molecular weight excluding hydrogens is 186 g/mol. The topological polar surface area (TPSA) is 21.3 Å². The Morgan fingerprint density at radius 3 is 2.27 bits per heavy atom. The van der Waals surface area contributed by atoms with Gasteiger partial charge < -0.3 is 10.1 Å². The van der Waals surface area contributed by atoms with Gasteiger partial charge in [-0.2, -0.15) is 0 Å². The summed E-state index contributed by atoms with van der Waals surface area (Å²) in [6.45, 7) is 15.1. The van der Waals surface area contributed by atoms with E-state index in [2.05, 4.69) is 39.9 Å². The summed E-state index contributed by atoms with van der Waals surface area (Å²) >= 11 is 0. The van der Waals surface area contributed by atoms with E-state index in [0.29, 0.717) is 5.41 Å². The first-order chi connectivity index (χ1) is 6.92. The SMILES string of the molecule is CC(C)CCOCCNCCC(C)(C)C. The standard InChI is InChI=1S/C13H29NO/c1-12(2)6-10-15-11-9-14-8-7-13(3,4)5/h12,14H,6-11H2,1-5H3. The Morgan fingerprint density at radius 2 is 1.73 bits per heavy atom. The highest BCUT2D eigenvalue weighted by atomic mass is 16.5. The summed E-state index contributed by atoms with van der Waals surface area (Å²) in [4.78, 5) is 0. The van der Waals surface area contributed by atoms with Crippen molar-refractivity contribution in [3.05, 3.63) is 0 Å². The molecule has 0 aliphatic rings. The molecule has 0 spiro atoms. The Balaban J connectivity index is 3.06. The Hall–Kier alpha value is -0.0800. The Labute approximate surface area is 95.8 Å². The fraction of sp³-hybridized carbons (Fsp3) is 1.00. The van der Waals surface area contributed by atoms with E-state index in [4.69, 9.17) is 4.74 Å². The predicted octanol–water partition coefficient (Wildman–Crippen LogP) is 3.07. The van der Waals surface area contributed by atoms with Gasteiger partial charge in [0.1, 0.15) is 0 Å². The maximum absolute atomic E-state index is 5.51. The van der Waals surface area contributed by atoms with Crippen molar-refractivity contribution >= 4 is 0 Å². The highest BCUT2D eigenvalue weighted by Crippen LogP contribution is 2.16. The maximum atomic E-state index is 5.51. The van der Waals surface area contributed by atoms with Gasteiger partial charge in [-0.05, 0) is 30.7 Å². The van der Waals surface area contributed by atoms with E-state index >= 15 is 0 Å². The summed E-state index contributed by atoms with van der Waals surface area (Å²) in [5.41, 5.74) is 0.436. The minimum atomic E-state index is 0.436. The van der Waals surface area contributed by atoms with Crippen molar-refractivity contribution in [2.24, 2.45) is 11.3 Å². The third-order valence-corrected chi connectivity index (χ3v) is 2.31. The Kier molecular flexibility index (Phi) is 8.07. The molecule has 0 aliphatic carbocycles. The molecule has 0 bridgehead atoms. The summed E-state index contributed by atoms with van der Waals surface area (Å²) in [6.07, 6.45) is 2.39. The highest BCUT2D eigenvalue weighted by Gasteiger charge is 2.08. The molecule has 2 heteroatoms. The smallest absolute Gasteiger partial charge is 0.0590 e. The molecule has 2 nitrogen and oxygen atoms in total. The van der Waals surface area contributed by atoms with Crippen molar-refractivity contribution in [1.29, 1.82) is 0 Å². The van der Waals surface area contributed by atoms with Crippen LogP contribution in [0.2, 0.25) is 0 Å². The van der Waals surface area contributed by atoms with Crippen molar-refractivity contribution in [3.63, 3.8) is 0 Å². The van der Waals surface area contributed by atoms with E-state index < -0.39 is 0 Å². The summed E-state index contributed by atoms with van der Waals surface area (Å²) < 4.78 is 5.51. The first kappa shape index (κ1) is 14.9. The van der Waals surface area contributed by atoms with E-state index in [1.165, 1.54) is 12.8 Å². The molecule has 0 aliphatic heterocycles. The molecule has 0 atom stereocenters. The van der Waals surface area contributed by atoms with E-state index in [0.717, 1.165) is 32.2 Å². The molecule has 15 heavy (non-hydrogen) atoms. The minimum absolute atomic E-state index is 0.436. The molecule has 0 radical (unpaired) electrons. The first-order valence-electron chi connectivity index (χ1n) is 6.20. The van der Waals surface area contributed by atoms with Crippen LogP contribution in [0.5, 0.6) is 0 Å². The van der Waals surface area contributed by atoms with E-state index in [-0.39, 0.29) is 0 Å². The van der Waals surface area contributed by atoms with Crippen molar-refractivity contribution < 1.29 is 4.74 Å². The van der Waals surface area contributed by atoms with Crippen LogP contribution in [0.25, 0.3) is 0 Å². The van der Waals surface area contributed by atoms with Crippen LogP contribution < -0.4 is 5.32 Å². The molecule has 0 saturated heterocycles. The molecular formula is C13H29NO. The third kappa shape index (κ3) is 13.9. The molecule has 0 unspecified atom stereocenters. The second-order valence-corrected chi connectivity index (χ2v) is 5.86. The minimum Gasteiger partial charge on any atom is -0.380 e. The summed E-state index contributed by atoms with van der Waals surface area (Å²) in [5.74, 6) is 0.749. The van der Waals surface area contributed by atoms with Crippen LogP contribution in [0, 0.1) is 11.3 Å². The lowest BCUT2D eigenvalue weighted by Crippen LogP contribution is -2.24. The number of ether oxygens (including phenoxy) is 1. The molecule has 0 aromatic heterocycles. The molecule has 0 heterocycles. The van der Waals surface area contributed by atoms with Gasteiger partial charge in [0.15, 0.2) is 0 Å². The number of nitrogens with one attached hydrogen (secondary N) is 1. The zero-order chi connectivity index (χ0) is 11.7. The van der Waals surface area contributed by atoms with Gasteiger partial charge in [-0.1, -0.05) is 34.6 Å². The predicted molar refractivity (Wildman–Crippen MR) is 67.2 cm³/mol. The highest BCUT2D eigenvalue weighted by molar-refractivity contribution is 4.62. The lowest BCUT2D eigenvalue weighted by Gasteiger charge is -2.18. The first-order valence-corrected chi connectivity index (χ1v) is 6.20. The molecule has 1 N–H and O–H groups in total. The lowest BCUT2D eigenvalue weighted by atomic mass is 9.92. The van der Waals surface area contributed by atoms with Crippen molar-refractivity contribution in [1.82, 2.24) is 5.32 Å². The molecule has 0 rings (SSSR count). The summed E-state index contributed by atoms with van der Waals surface area (Å²) in [5, 5.41) is 3.41. The zero-order valence-corrected chi connectivity index (χ0v) is 11.2. The van der Waals surface area contributed by atoms with Crippen molar-refractivity contribution in [2.45, 2.75) is 47.5 Å². The molecule has 0 amide bonds. The number of rotatable bonds is 8. The van der Waals surface area contributed by atoms with Gasteiger partial charge in [-0.3, -0.25) is 0 Å². The van der Waals surface area contributed by atoms with Crippen LogP contribution in [0.3, 0.4) is 0 Å². The van der Waals surface area contributed by atoms with E-state index in [9.17, 15) is 0 Å². The van der Waals surface area contributed by atoms with Crippen LogP contribution in [0.4, 0.5) is 0 Å². The monoisotopic (exact) mass is 215 g/mol. The lowest BCUT2D eigenvalue weighted by molar-refractivity contribution is 0.125. The molecule has 0 aromatic carbocycles. The Bertz CT molecular complexity index is 138. The van der Waals surface area contributed by atoms with Crippen LogP contribution in [-0.4, -0.2) is 26.3 Å². The molecule has 92 valence electrons. The average Bonchev–Trinajstić information content (AvgIpc) is 2.07. The van der Waals surface area contributed by atoms with Crippen LogP contribution in [-0.2, 0) is 4.74 Å². The number of hydrogen-bond donors (Lipinski definition) is 1. The second kappa shape index (κ2) is 8.12. The van der Waals surface area contributed by atoms with Crippen LogP contribution in [0.15, 0.2) is 0 Å². The second-order valence-electron chi connectivity index (χ2n) is 5.86. The van der Waals surface area contributed by atoms with Crippen molar-refractivity contribution in [3.8, 4) is 0 Å². The fourth-order valence-electron chi connectivity index (χ4n) is 1.15. The van der Waals surface area contributed by atoms with Gasteiger partial charge in [-0.15, -0.1) is 0 Å².